The molecule has 0 aromatic heterocycles. The number of allylic oxidation sites excluding steroid dienone is 2. The average Bonchev–Trinajstić information content (AvgIpc) is 2.75. The number of fused-ring (bicyclic) bond motifs is 1. The van der Waals surface area contributed by atoms with E-state index in [4.69, 9.17) is 0 Å². The van der Waals surface area contributed by atoms with Crippen molar-refractivity contribution in [2.75, 3.05) is 0 Å². The van der Waals surface area contributed by atoms with Crippen LogP contribution in [0.1, 0.15) is 24.0 Å². The van der Waals surface area contributed by atoms with Gasteiger partial charge < -0.3 is 0 Å². The molecule has 3 rings (SSSR count). The molecule has 0 radical (unpaired) electrons. The molecule has 0 saturated carbocycles. The first kappa shape index (κ1) is 10.5. The molecule has 1 aliphatic heterocycles. The van der Waals surface area contributed by atoms with Crippen molar-refractivity contribution in [1.82, 2.24) is 0 Å². The molecule has 0 unspecified atom stereocenters. The third-order valence-electron chi connectivity index (χ3n) is 3.65. The first-order chi connectivity index (χ1) is 7.86. The van der Waals surface area contributed by atoms with Gasteiger partial charge >= 0.3 is 104 Å². The van der Waals surface area contributed by atoms with Crippen LogP contribution in [0.15, 0.2) is 39.9 Å². The van der Waals surface area contributed by atoms with Gasteiger partial charge in [-0.05, 0) is 0 Å². The quantitative estimate of drug-likeness (QED) is 0.842. The minimum absolute atomic E-state index is 0.782. The Morgan fingerprint density at radius 3 is 2.75 bits per heavy atom. The van der Waals surface area contributed by atoms with Gasteiger partial charge in [-0.25, -0.2) is 0 Å². The Bertz CT molecular complexity index is 473. The van der Waals surface area contributed by atoms with Crippen molar-refractivity contribution >= 4 is 24.8 Å². The Morgan fingerprint density at radius 2 is 1.94 bits per heavy atom. The van der Waals surface area contributed by atoms with Crippen LogP contribution in [0.4, 0.5) is 0 Å². The molecule has 16 heavy (non-hydrogen) atoms. The molecule has 1 aromatic rings. The molecule has 80 valence electrons. The van der Waals surface area contributed by atoms with Gasteiger partial charge in [0.2, 0.25) is 0 Å². The Labute approximate surface area is 104 Å². The molecular formula is C14H15InO. The molecule has 0 atom stereocenters. The number of aliphatic hydroxyl groups is 1. The van der Waals surface area contributed by atoms with Crippen LogP contribution in [0.25, 0.3) is 3.33 Å². The fourth-order valence-corrected chi connectivity index (χ4v) is 11.4. The van der Waals surface area contributed by atoms with E-state index in [0.29, 0.717) is 0 Å². The topological polar surface area (TPSA) is 20.2 Å². The SMILES string of the molecule is O[C]1=CC[CH2][In]1[C]1=CCCc2ccccc21. The first-order valence-electron chi connectivity index (χ1n) is 6.03. The maximum absolute atomic E-state index is 9.98. The summed E-state index contributed by atoms with van der Waals surface area (Å²) in [6.45, 7) is 0. The van der Waals surface area contributed by atoms with Crippen LogP contribution in [-0.2, 0) is 6.42 Å². The molecule has 1 N–H and O–H groups in total. The molecule has 0 spiro atoms. The standard InChI is InChI=1S/C10H9.C4H6O.In/c1-2-6-10-8-4-3-7-9(10)5-1;1-2-3-4-5;/h1-3,5-6H,4,8H2;3,5H,1-2H2;. The zero-order valence-electron chi connectivity index (χ0n) is 9.32. The van der Waals surface area contributed by atoms with E-state index in [2.05, 4.69) is 36.4 Å². The summed E-state index contributed by atoms with van der Waals surface area (Å²) in [7, 11) is 0. The van der Waals surface area contributed by atoms with Gasteiger partial charge in [0.25, 0.3) is 0 Å². The maximum atomic E-state index is 9.98. The van der Waals surface area contributed by atoms with E-state index in [1.54, 1.807) is 3.33 Å². The number of aliphatic hydroxyl groups excluding tert-OH is 1. The molecule has 0 amide bonds. The third kappa shape index (κ3) is 1.73. The molecule has 2 aliphatic rings. The van der Waals surface area contributed by atoms with Crippen molar-refractivity contribution < 1.29 is 5.11 Å². The van der Waals surface area contributed by atoms with Crippen LogP contribution in [0.5, 0.6) is 0 Å². The van der Waals surface area contributed by atoms with Gasteiger partial charge in [-0.1, -0.05) is 0 Å². The Morgan fingerprint density at radius 1 is 1.06 bits per heavy atom. The van der Waals surface area contributed by atoms with Gasteiger partial charge in [0.15, 0.2) is 0 Å². The zero-order valence-corrected chi connectivity index (χ0v) is 12.6. The fourth-order valence-electron chi connectivity index (χ4n) is 2.85. The number of aryl methyl sites for hydroxylation is 1. The summed E-state index contributed by atoms with van der Waals surface area (Å²) in [6.07, 6.45) is 7.89. The summed E-state index contributed by atoms with van der Waals surface area (Å²) < 4.78 is 3.60. The average molecular weight is 314 g/mol. The van der Waals surface area contributed by atoms with E-state index in [1.165, 1.54) is 21.7 Å². The molecule has 0 saturated heterocycles. The van der Waals surface area contributed by atoms with E-state index < -0.39 is 21.4 Å². The van der Waals surface area contributed by atoms with E-state index >= 15 is 0 Å². The van der Waals surface area contributed by atoms with E-state index in [1.807, 2.05) is 0 Å². The van der Waals surface area contributed by atoms with E-state index in [9.17, 15) is 5.11 Å². The van der Waals surface area contributed by atoms with Gasteiger partial charge in [0, 0.05) is 0 Å². The second-order valence-corrected chi connectivity index (χ2v) is 12.9. The van der Waals surface area contributed by atoms with Crippen LogP contribution in [0.3, 0.4) is 0 Å². The molecule has 0 fully saturated rings. The van der Waals surface area contributed by atoms with Crippen molar-refractivity contribution in [3.05, 3.63) is 51.1 Å². The van der Waals surface area contributed by atoms with E-state index in [-0.39, 0.29) is 0 Å². The molecule has 1 aliphatic carbocycles. The van der Waals surface area contributed by atoms with Gasteiger partial charge in [-0.3, -0.25) is 0 Å². The van der Waals surface area contributed by atoms with E-state index in [0.717, 1.165) is 16.4 Å². The van der Waals surface area contributed by atoms with Crippen LogP contribution in [0, 0.1) is 0 Å². The molecule has 0 bridgehead atoms. The summed E-state index contributed by atoms with van der Waals surface area (Å²) in [4.78, 5) is 0. The third-order valence-corrected chi connectivity index (χ3v) is 12.7. The molecule has 2 heteroatoms. The summed E-state index contributed by atoms with van der Waals surface area (Å²) in [6, 6.07) is 8.73. The minimum atomic E-state index is -1.97. The predicted octanol–water partition coefficient (Wildman–Crippen LogP) is 3.44. The monoisotopic (exact) mass is 314 g/mol. The molecule has 1 heterocycles. The fraction of sp³-hybridized carbons (Fsp3) is 0.286. The van der Waals surface area contributed by atoms with Crippen LogP contribution >= 0.6 is 0 Å². The Kier molecular flexibility index (Phi) is 2.84. The second kappa shape index (κ2) is 4.33. The summed E-state index contributed by atoms with van der Waals surface area (Å²) in [5, 5.41) is 9.98. The Balaban J connectivity index is 2.03. The predicted molar refractivity (Wildman–Crippen MR) is 68.6 cm³/mol. The van der Waals surface area contributed by atoms with Crippen molar-refractivity contribution in [3.63, 3.8) is 0 Å². The second-order valence-electron chi connectivity index (χ2n) is 4.61. The summed E-state index contributed by atoms with van der Waals surface area (Å²) in [5.74, 6) is 0. The van der Waals surface area contributed by atoms with Gasteiger partial charge in [0.1, 0.15) is 0 Å². The first-order valence-corrected chi connectivity index (χ1v) is 11.7. The van der Waals surface area contributed by atoms with Gasteiger partial charge in [-0.15, -0.1) is 0 Å². The Hall–Kier alpha value is -0.630. The normalized spacial score (nSPS) is 19.1. The van der Waals surface area contributed by atoms with Crippen LogP contribution in [0.2, 0.25) is 4.18 Å². The van der Waals surface area contributed by atoms with Crippen LogP contribution in [-0.4, -0.2) is 26.5 Å². The summed E-state index contributed by atoms with van der Waals surface area (Å²) in [5.41, 5.74) is 2.92. The molecule has 1 aromatic carbocycles. The van der Waals surface area contributed by atoms with Crippen LogP contribution < -0.4 is 0 Å². The molecule has 1 nitrogen and oxygen atoms in total. The summed E-state index contributed by atoms with van der Waals surface area (Å²) >= 11 is -1.97. The zero-order chi connectivity index (χ0) is 11.0. The number of rotatable bonds is 1. The van der Waals surface area contributed by atoms with Crippen molar-refractivity contribution in [2.24, 2.45) is 0 Å². The number of hydrogen-bond donors (Lipinski definition) is 1. The van der Waals surface area contributed by atoms with Crippen molar-refractivity contribution in [2.45, 2.75) is 23.4 Å². The van der Waals surface area contributed by atoms with Crippen molar-refractivity contribution in [1.29, 1.82) is 0 Å². The van der Waals surface area contributed by atoms with Gasteiger partial charge in [-0.2, -0.15) is 0 Å². The number of benzene rings is 1. The van der Waals surface area contributed by atoms with Gasteiger partial charge in [0.05, 0.1) is 0 Å². The number of hydrogen-bond acceptors (Lipinski definition) is 1. The molecular weight excluding hydrogens is 299 g/mol. The van der Waals surface area contributed by atoms with Crippen molar-refractivity contribution in [3.8, 4) is 0 Å².